The van der Waals surface area contributed by atoms with Crippen molar-refractivity contribution in [1.82, 2.24) is 5.32 Å². The zero-order chi connectivity index (χ0) is 13.0. The summed E-state index contributed by atoms with van der Waals surface area (Å²) in [6, 6.07) is 6.60. The van der Waals surface area contributed by atoms with Crippen LogP contribution in [0.3, 0.4) is 0 Å². The van der Waals surface area contributed by atoms with E-state index in [-0.39, 0.29) is 5.56 Å². The van der Waals surface area contributed by atoms with E-state index in [2.05, 4.69) is 12.2 Å². The number of nitrogens with one attached hydrogen (secondary N) is 1. The molecule has 0 heterocycles. The summed E-state index contributed by atoms with van der Waals surface area (Å²) in [7, 11) is 0. The van der Waals surface area contributed by atoms with Gasteiger partial charge in [0.05, 0.1) is 0 Å². The fourth-order valence-electron chi connectivity index (χ4n) is 2.59. The lowest BCUT2D eigenvalue weighted by Crippen LogP contribution is -2.39. The molecule has 1 N–H and O–H groups in total. The molecule has 1 saturated carbocycles. The molecular weight excluding hydrogens is 232 g/mol. The van der Waals surface area contributed by atoms with Gasteiger partial charge in [0.1, 0.15) is 0 Å². The Kier molecular flexibility index (Phi) is 4.33. The molecule has 3 heteroatoms. The first kappa shape index (κ1) is 13.5. The van der Waals surface area contributed by atoms with Crippen molar-refractivity contribution in [2.45, 2.75) is 45.6 Å². The third-order valence-corrected chi connectivity index (χ3v) is 4.23. The molecule has 0 aliphatic heterocycles. The van der Waals surface area contributed by atoms with Crippen LogP contribution < -0.4 is 5.32 Å². The van der Waals surface area contributed by atoms with Crippen molar-refractivity contribution >= 4 is 0 Å². The van der Waals surface area contributed by atoms with Crippen LogP contribution in [0.5, 0.6) is 0 Å². The average molecular weight is 253 g/mol. The molecule has 0 radical (unpaired) electrons. The van der Waals surface area contributed by atoms with E-state index in [1.807, 2.05) is 0 Å². The molecule has 1 nitrogen and oxygen atoms in total. The van der Waals surface area contributed by atoms with Gasteiger partial charge in [0.25, 0.3) is 6.43 Å². The van der Waals surface area contributed by atoms with Crippen LogP contribution in [-0.2, 0) is 6.54 Å². The molecule has 0 atom stereocenters. The Balaban J connectivity index is 1.79. The molecule has 1 aliphatic rings. The van der Waals surface area contributed by atoms with E-state index >= 15 is 0 Å². The molecule has 18 heavy (non-hydrogen) atoms. The number of rotatable bonds is 6. The van der Waals surface area contributed by atoms with Crippen LogP contribution in [-0.4, -0.2) is 6.54 Å². The number of halogens is 2. The second-order valence-corrected chi connectivity index (χ2v) is 5.35. The highest BCUT2D eigenvalue weighted by atomic mass is 19.3. The summed E-state index contributed by atoms with van der Waals surface area (Å²) >= 11 is 0. The minimum absolute atomic E-state index is 0.0998. The zero-order valence-electron chi connectivity index (χ0n) is 10.9. The number of hydrogen-bond acceptors (Lipinski definition) is 1. The molecule has 1 aromatic rings. The summed E-state index contributed by atoms with van der Waals surface area (Å²) in [6.07, 6.45) is 2.84. The second kappa shape index (κ2) is 5.79. The van der Waals surface area contributed by atoms with Crippen LogP contribution >= 0.6 is 0 Å². The summed E-state index contributed by atoms with van der Waals surface area (Å²) in [5.74, 6) is 0. The van der Waals surface area contributed by atoms with Gasteiger partial charge >= 0.3 is 0 Å². The van der Waals surface area contributed by atoms with E-state index in [0.29, 0.717) is 5.41 Å². The Morgan fingerprint density at radius 2 is 1.89 bits per heavy atom. The summed E-state index contributed by atoms with van der Waals surface area (Å²) in [4.78, 5) is 0. The fraction of sp³-hybridized carbons (Fsp3) is 0.600. The molecule has 0 unspecified atom stereocenters. The third kappa shape index (κ3) is 3.08. The molecule has 1 aromatic carbocycles. The molecule has 1 aliphatic carbocycles. The molecule has 0 spiro atoms. The van der Waals surface area contributed by atoms with E-state index in [4.69, 9.17) is 0 Å². The van der Waals surface area contributed by atoms with E-state index in [0.717, 1.165) is 18.7 Å². The lowest BCUT2D eigenvalue weighted by Gasteiger charge is -2.41. The first-order valence-corrected chi connectivity index (χ1v) is 6.73. The van der Waals surface area contributed by atoms with Gasteiger partial charge < -0.3 is 5.32 Å². The molecule has 2 rings (SSSR count). The maximum absolute atomic E-state index is 12.4. The molecule has 100 valence electrons. The van der Waals surface area contributed by atoms with Crippen molar-refractivity contribution in [3.8, 4) is 0 Å². The normalized spacial score (nSPS) is 17.8. The molecule has 0 aromatic heterocycles. The van der Waals surface area contributed by atoms with Crippen molar-refractivity contribution < 1.29 is 8.78 Å². The number of benzene rings is 1. The quantitative estimate of drug-likeness (QED) is 0.797. The standard InChI is InChI=1S/C15H21F2N/c1-2-15(8-3-9-15)11-18-10-12-4-6-13(7-5-12)14(16)17/h4-7,14,18H,2-3,8-11H2,1H3. The average Bonchev–Trinajstić information content (AvgIpc) is 2.33. The van der Waals surface area contributed by atoms with Crippen LogP contribution in [0.25, 0.3) is 0 Å². The van der Waals surface area contributed by atoms with Gasteiger partial charge in [-0.3, -0.25) is 0 Å². The van der Waals surface area contributed by atoms with Crippen molar-refractivity contribution in [1.29, 1.82) is 0 Å². The van der Waals surface area contributed by atoms with E-state index in [1.54, 1.807) is 12.1 Å². The van der Waals surface area contributed by atoms with Gasteiger partial charge in [-0.25, -0.2) is 8.78 Å². The van der Waals surface area contributed by atoms with Crippen molar-refractivity contribution in [3.05, 3.63) is 35.4 Å². The Hall–Kier alpha value is -0.960. The van der Waals surface area contributed by atoms with E-state index in [9.17, 15) is 8.78 Å². The first-order chi connectivity index (χ1) is 8.65. The van der Waals surface area contributed by atoms with Crippen LogP contribution in [0.15, 0.2) is 24.3 Å². The predicted molar refractivity (Wildman–Crippen MR) is 69.7 cm³/mol. The van der Waals surface area contributed by atoms with Gasteiger partial charge in [-0.15, -0.1) is 0 Å². The van der Waals surface area contributed by atoms with Crippen LogP contribution in [0.1, 0.15) is 50.2 Å². The third-order valence-electron chi connectivity index (χ3n) is 4.23. The Bertz CT molecular complexity index is 363. The maximum atomic E-state index is 12.4. The highest BCUT2D eigenvalue weighted by Gasteiger charge is 2.34. The van der Waals surface area contributed by atoms with Gasteiger partial charge in [0, 0.05) is 18.7 Å². The topological polar surface area (TPSA) is 12.0 Å². The van der Waals surface area contributed by atoms with E-state index in [1.165, 1.54) is 37.8 Å². The lowest BCUT2D eigenvalue weighted by atomic mass is 9.67. The Labute approximate surface area is 108 Å². The molecule has 0 amide bonds. The van der Waals surface area contributed by atoms with Crippen LogP contribution in [0.2, 0.25) is 0 Å². The van der Waals surface area contributed by atoms with Gasteiger partial charge in [-0.1, -0.05) is 37.6 Å². The smallest absolute Gasteiger partial charge is 0.263 e. The summed E-state index contributed by atoms with van der Waals surface area (Å²) < 4.78 is 24.8. The molecular formula is C15H21F2N. The van der Waals surface area contributed by atoms with Gasteiger partial charge in [-0.2, -0.15) is 0 Å². The summed E-state index contributed by atoms with van der Waals surface area (Å²) in [6.45, 7) is 4.06. The van der Waals surface area contributed by atoms with Gasteiger partial charge in [-0.05, 0) is 30.2 Å². The minimum atomic E-state index is -2.37. The van der Waals surface area contributed by atoms with Crippen LogP contribution in [0.4, 0.5) is 8.78 Å². The highest BCUT2D eigenvalue weighted by Crippen LogP contribution is 2.43. The van der Waals surface area contributed by atoms with Gasteiger partial charge in [0.2, 0.25) is 0 Å². The second-order valence-electron chi connectivity index (χ2n) is 5.35. The van der Waals surface area contributed by atoms with Crippen LogP contribution in [0, 0.1) is 5.41 Å². The molecule has 0 bridgehead atoms. The molecule has 0 saturated heterocycles. The minimum Gasteiger partial charge on any atom is -0.312 e. The predicted octanol–water partition coefficient (Wildman–Crippen LogP) is 4.29. The van der Waals surface area contributed by atoms with Crippen molar-refractivity contribution in [2.24, 2.45) is 5.41 Å². The lowest BCUT2D eigenvalue weighted by molar-refractivity contribution is 0.124. The highest BCUT2D eigenvalue weighted by molar-refractivity contribution is 5.23. The summed E-state index contributed by atoms with van der Waals surface area (Å²) in [5, 5.41) is 3.46. The number of alkyl halides is 2. The largest absolute Gasteiger partial charge is 0.312 e. The van der Waals surface area contributed by atoms with E-state index < -0.39 is 6.43 Å². The summed E-state index contributed by atoms with van der Waals surface area (Å²) in [5.41, 5.74) is 1.68. The maximum Gasteiger partial charge on any atom is 0.263 e. The fourth-order valence-corrected chi connectivity index (χ4v) is 2.59. The Morgan fingerprint density at radius 1 is 1.22 bits per heavy atom. The SMILES string of the molecule is CCC1(CNCc2ccc(C(F)F)cc2)CCC1. The zero-order valence-corrected chi connectivity index (χ0v) is 10.9. The monoisotopic (exact) mass is 253 g/mol. The first-order valence-electron chi connectivity index (χ1n) is 6.73. The van der Waals surface area contributed by atoms with Gasteiger partial charge in [0.15, 0.2) is 0 Å². The van der Waals surface area contributed by atoms with Crippen molar-refractivity contribution in [3.63, 3.8) is 0 Å². The van der Waals surface area contributed by atoms with Crippen molar-refractivity contribution in [2.75, 3.05) is 6.54 Å². The number of hydrogen-bond donors (Lipinski definition) is 1. The molecule has 1 fully saturated rings. The Morgan fingerprint density at radius 3 is 2.33 bits per heavy atom.